The van der Waals surface area contributed by atoms with Gasteiger partial charge in [-0.3, -0.25) is 9.79 Å². The van der Waals surface area contributed by atoms with Crippen molar-refractivity contribution >= 4 is 35.8 Å². The first-order chi connectivity index (χ1) is 10.8. The van der Waals surface area contributed by atoms with Crippen molar-refractivity contribution in [3.63, 3.8) is 0 Å². The molecular formula is C15H22F3IN4O. The summed E-state index contributed by atoms with van der Waals surface area (Å²) in [5, 5.41) is 5.43. The number of halogens is 4. The number of nitrogens with one attached hydrogen (secondary N) is 2. The number of benzene rings is 1. The molecule has 0 atom stereocenters. The van der Waals surface area contributed by atoms with Gasteiger partial charge in [0.2, 0.25) is 0 Å². The Morgan fingerprint density at radius 1 is 1.17 bits per heavy atom. The van der Waals surface area contributed by atoms with Crippen molar-refractivity contribution in [3.8, 4) is 0 Å². The Hall–Kier alpha value is -1.52. The lowest BCUT2D eigenvalue weighted by molar-refractivity contribution is -0.137. The van der Waals surface area contributed by atoms with E-state index in [0.717, 1.165) is 37.1 Å². The number of aliphatic imine (C=N–C) groups is 1. The van der Waals surface area contributed by atoms with Gasteiger partial charge in [0.15, 0.2) is 5.96 Å². The minimum absolute atomic E-state index is 0. The Labute approximate surface area is 156 Å². The normalized spacial score (nSPS) is 11.6. The summed E-state index contributed by atoms with van der Waals surface area (Å²) in [5.74, 6) is -0.135. The number of rotatable bonds is 7. The molecule has 136 valence electrons. The zero-order valence-electron chi connectivity index (χ0n) is 13.3. The molecule has 1 amide bonds. The highest BCUT2D eigenvalue weighted by Gasteiger charge is 2.30. The fourth-order valence-electron chi connectivity index (χ4n) is 1.69. The number of carbonyl (C=O) groups excluding carboxylic acids is 1. The summed E-state index contributed by atoms with van der Waals surface area (Å²) in [6.07, 6.45) is -2.43. The third-order valence-corrected chi connectivity index (χ3v) is 2.98. The summed E-state index contributed by atoms with van der Waals surface area (Å²) < 4.78 is 37.3. The molecule has 0 bridgehead atoms. The van der Waals surface area contributed by atoms with Gasteiger partial charge < -0.3 is 16.4 Å². The fourth-order valence-corrected chi connectivity index (χ4v) is 1.69. The zero-order chi connectivity index (χ0) is 17.3. The van der Waals surface area contributed by atoms with Gasteiger partial charge in [-0.25, -0.2) is 0 Å². The quantitative estimate of drug-likeness (QED) is 0.255. The lowest BCUT2D eigenvalue weighted by Gasteiger charge is -2.09. The minimum atomic E-state index is -4.41. The highest BCUT2D eigenvalue weighted by molar-refractivity contribution is 14.0. The number of hydrogen-bond acceptors (Lipinski definition) is 2. The summed E-state index contributed by atoms with van der Waals surface area (Å²) in [4.78, 5) is 15.9. The summed E-state index contributed by atoms with van der Waals surface area (Å²) >= 11 is 0. The summed E-state index contributed by atoms with van der Waals surface area (Å²) in [6.45, 7) is 3.36. The van der Waals surface area contributed by atoms with Crippen LogP contribution in [0.1, 0.15) is 35.7 Å². The molecule has 0 unspecified atom stereocenters. The molecule has 1 rings (SSSR count). The summed E-state index contributed by atoms with van der Waals surface area (Å²) in [6, 6.07) is 4.05. The molecule has 0 aromatic heterocycles. The van der Waals surface area contributed by atoms with Gasteiger partial charge in [-0.2, -0.15) is 13.2 Å². The van der Waals surface area contributed by atoms with E-state index in [1.54, 1.807) is 0 Å². The number of hydrogen-bond donors (Lipinski definition) is 3. The number of guanidine groups is 1. The molecule has 0 spiro atoms. The molecule has 0 radical (unpaired) electrons. The molecule has 0 aliphatic heterocycles. The van der Waals surface area contributed by atoms with Crippen LogP contribution in [0.2, 0.25) is 0 Å². The largest absolute Gasteiger partial charge is 0.416 e. The van der Waals surface area contributed by atoms with Crippen molar-refractivity contribution in [2.45, 2.75) is 25.9 Å². The van der Waals surface area contributed by atoms with Crippen LogP contribution in [0, 0.1) is 0 Å². The van der Waals surface area contributed by atoms with Crippen LogP contribution in [-0.2, 0) is 6.18 Å². The first-order valence-electron chi connectivity index (χ1n) is 7.34. The highest BCUT2D eigenvalue weighted by atomic mass is 127. The Bertz CT molecular complexity index is 533. The SMILES string of the molecule is CCCCN=C(N)NCCNC(=O)c1ccc(C(F)(F)F)cc1.I. The van der Waals surface area contributed by atoms with E-state index in [9.17, 15) is 18.0 Å². The van der Waals surface area contributed by atoms with E-state index in [0.29, 0.717) is 19.0 Å². The molecule has 0 aliphatic rings. The molecule has 0 heterocycles. The van der Waals surface area contributed by atoms with Crippen LogP contribution in [-0.4, -0.2) is 31.5 Å². The summed E-state index contributed by atoms with van der Waals surface area (Å²) in [5.41, 5.74) is 5.00. The third kappa shape index (κ3) is 8.37. The first kappa shape index (κ1) is 22.5. The predicted octanol–water partition coefficient (Wildman–Crippen LogP) is 2.76. The van der Waals surface area contributed by atoms with E-state index in [1.807, 2.05) is 0 Å². The van der Waals surface area contributed by atoms with Gasteiger partial charge in [0, 0.05) is 25.2 Å². The number of carbonyl (C=O) groups is 1. The van der Waals surface area contributed by atoms with Crippen molar-refractivity contribution in [2.75, 3.05) is 19.6 Å². The molecule has 24 heavy (non-hydrogen) atoms. The van der Waals surface area contributed by atoms with Crippen LogP contribution in [0.5, 0.6) is 0 Å². The van der Waals surface area contributed by atoms with Gasteiger partial charge in [-0.1, -0.05) is 13.3 Å². The van der Waals surface area contributed by atoms with Crippen LogP contribution in [0.25, 0.3) is 0 Å². The van der Waals surface area contributed by atoms with Gasteiger partial charge in [0.25, 0.3) is 5.91 Å². The zero-order valence-corrected chi connectivity index (χ0v) is 15.7. The maximum absolute atomic E-state index is 12.4. The molecule has 1 aromatic carbocycles. The maximum Gasteiger partial charge on any atom is 0.416 e. The maximum atomic E-state index is 12.4. The lowest BCUT2D eigenvalue weighted by Crippen LogP contribution is -2.38. The topological polar surface area (TPSA) is 79.5 Å². The van der Waals surface area contributed by atoms with E-state index in [2.05, 4.69) is 22.5 Å². The Morgan fingerprint density at radius 2 is 1.75 bits per heavy atom. The van der Waals surface area contributed by atoms with Gasteiger partial charge in [-0.05, 0) is 30.7 Å². The van der Waals surface area contributed by atoms with Gasteiger partial charge in [0.1, 0.15) is 0 Å². The van der Waals surface area contributed by atoms with Gasteiger partial charge in [0.05, 0.1) is 5.56 Å². The Morgan fingerprint density at radius 3 is 2.29 bits per heavy atom. The number of alkyl halides is 3. The molecule has 0 saturated carbocycles. The Balaban J connectivity index is 0.00000529. The van der Waals surface area contributed by atoms with Crippen molar-refractivity contribution in [2.24, 2.45) is 10.7 Å². The Kier molecular flexibility index (Phi) is 10.4. The lowest BCUT2D eigenvalue weighted by atomic mass is 10.1. The second-order valence-corrected chi connectivity index (χ2v) is 4.88. The molecular weight excluding hydrogens is 436 g/mol. The van der Waals surface area contributed by atoms with Crippen LogP contribution in [0.4, 0.5) is 13.2 Å². The van der Waals surface area contributed by atoms with Crippen molar-refractivity contribution in [1.29, 1.82) is 0 Å². The van der Waals surface area contributed by atoms with E-state index in [-0.39, 0.29) is 36.1 Å². The van der Waals surface area contributed by atoms with Gasteiger partial charge in [-0.15, -0.1) is 24.0 Å². The predicted molar refractivity (Wildman–Crippen MR) is 98.6 cm³/mol. The van der Waals surface area contributed by atoms with Gasteiger partial charge >= 0.3 is 6.18 Å². The molecule has 4 N–H and O–H groups in total. The van der Waals surface area contributed by atoms with E-state index in [4.69, 9.17) is 5.73 Å². The third-order valence-electron chi connectivity index (χ3n) is 2.98. The standard InChI is InChI=1S/C15H21F3N4O.HI/c1-2-3-8-21-14(19)22-10-9-20-13(23)11-4-6-12(7-5-11)15(16,17)18;/h4-7H,2-3,8-10H2,1H3,(H,20,23)(H3,19,21,22);1H. The number of nitrogens with zero attached hydrogens (tertiary/aromatic N) is 1. The number of amides is 1. The monoisotopic (exact) mass is 458 g/mol. The smallest absolute Gasteiger partial charge is 0.370 e. The van der Waals surface area contributed by atoms with Crippen LogP contribution in [0.15, 0.2) is 29.3 Å². The highest BCUT2D eigenvalue weighted by Crippen LogP contribution is 2.28. The summed E-state index contributed by atoms with van der Waals surface area (Å²) in [7, 11) is 0. The molecule has 0 aliphatic carbocycles. The van der Waals surface area contributed by atoms with E-state index < -0.39 is 17.6 Å². The molecule has 0 saturated heterocycles. The first-order valence-corrected chi connectivity index (χ1v) is 7.34. The second kappa shape index (κ2) is 11.1. The van der Waals surface area contributed by atoms with Crippen molar-refractivity contribution in [3.05, 3.63) is 35.4 Å². The van der Waals surface area contributed by atoms with Crippen LogP contribution < -0.4 is 16.4 Å². The molecule has 9 heteroatoms. The van der Waals surface area contributed by atoms with Crippen molar-refractivity contribution < 1.29 is 18.0 Å². The van der Waals surface area contributed by atoms with E-state index >= 15 is 0 Å². The number of nitrogens with two attached hydrogens (primary N) is 1. The molecule has 1 aromatic rings. The average molecular weight is 458 g/mol. The number of unbranched alkanes of at least 4 members (excludes halogenated alkanes) is 1. The average Bonchev–Trinajstić information content (AvgIpc) is 2.51. The van der Waals surface area contributed by atoms with Crippen molar-refractivity contribution in [1.82, 2.24) is 10.6 Å². The molecule has 0 fully saturated rings. The van der Waals surface area contributed by atoms with Crippen LogP contribution >= 0.6 is 24.0 Å². The van der Waals surface area contributed by atoms with Crippen LogP contribution in [0.3, 0.4) is 0 Å². The fraction of sp³-hybridized carbons (Fsp3) is 0.467. The minimum Gasteiger partial charge on any atom is -0.370 e. The molecule has 5 nitrogen and oxygen atoms in total. The second-order valence-electron chi connectivity index (χ2n) is 4.88. The van der Waals surface area contributed by atoms with E-state index in [1.165, 1.54) is 0 Å².